The van der Waals surface area contributed by atoms with Crippen LogP contribution < -0.4 is 14.9 Å². The number of nitrogens with zero attached hydrogens (tertiary/aromatic N) is 1. The molecule has 0 aliphatic heterocycles. The maximum Gasteiger partial charge on any atom is 0.264 e. The zero-order chi connectivity index (χ0) is 29.8. The van der Waals surface area contributed by atoms with Gasteiger partial charge in [-0.3, -0.25) is 13.9 Å². The predicted molar refractivity (Wildman–Crippen MR) is 164 cm³/mol. The zero-order valence-electron chi connectivity index (χ0n) is 23.3. The highest BCUT2D eigenvalue weighted by molar-refractivity contribution is 7.92. The first-order valence-electron chi connectivity index (χ1n) is 13.0. The van der Waals surface area contributed by atoms with Crippen LogP contribution in [0.5, 0.6) is 0 Å². The van der Waals surface area contributed by atoms with E-state index in [1.54, 1.807) is 97.1 Å². The number of halogens is 1. The third-order valence-corrected chi connectivity index (χ3v) is 8.20. The number of hydrogen-bond donors (Lipinski definition) is 2. The minimum Gasteiger partial charge on any atom is -0.347 e. The molecule has 0 atom stereocenters. The summed E-state index contributed by atoms with van der Waals surface area (Å²) in [5.41, 5.74) is 2.04. The minimum atomic E-state index is -4.09. The fraction of sp³-hybridized carbons (Fsp3) is 0.188. The van der Waals surface area contributed by atoms with Gasteiger partial charge in [0.1, 0.15) is 0 Å². The van der Waals surface area contributed by atoms with Gasteiger partial charge in [-0.15, -0.1) is 0 Å². The maximum atomic E-state index is 14.0. The highest BCUT2D eigenvalue weighted by Crippen LogP contribution is 2.31. The number of rotatable bonds is 8. The molecule has 0 saturated carbocycles. The van der Waals surface area contributed by atoms with Crippen molar-refractivity contribution in [3.63, 3.8) is 0 Å². The summed E-state index contributed by atoms with van der Waals surface area (Å²) in [6.45, 7) is 7.44. The zero-order valence-corrected chi connectivity index (χ0v) is 24.9. The standard InChI is InChI=1S/C32H32ClN3O4S/c1-22-13-19-25(20-14-22)41(39,40)36(21-23-15-17-24(33)18-16-23)29-12-8-6-10-27(29)30(37)34-28-11-7-5-9-26(28)31(38)35-32(2,3)4/h5-20H,21H2,1-4H3,(H,34,37)(H,35,38). The number of hydrogen-bond acceptors (Lipinski definition) is 4. The molecule has 9 heteroatoms. The molecule has 41 heavy (non-hydrogen) atoms. The van der Waals surface area contributed by atoms with Gasteiger partial charge in [0.25, 0.3) is 21.8 Å². The number of carbonyl (C=O) groups excluding carboxylic acids is 2. The lowest BCUT2D eigenvalue weighted by molar-refractivity contribution is 0.0920. The fourth-order valence-corrected chi connectivity index (χ4v) is 5.76. The van der Waals surface area contributed by atoms with Crippen LogP contribution in [0.4, 0.5) is 11.4 Å². The average molecular weight is 590 g/mol. The van der Waals surface area contributed by atoms with Crippen molar-refractivity contribution in [2.45, 2.75) is 44.7 Å². The molecule has 7 nitrogen and oxygen atoms in total. The van der Waals surface area contributed by atoms with Crippen LogP contribution in [0.2, 0.25) is 5.02 Å². The summed E-state index contributed by atoms with van der Waals surface area (Å²) in [5.74, 6) is -0.898. The number of anilines is 2. The number of carbonyl (C=O) groups is 2. The fourth-order valence-electron chi connectivity index (χ4n) is 4.16. The molecule has 0 fully saturated rings. The number of benzene rings is 4. The number of amides is 2. The molecule has 0 unspecified atom stereocenters. The van der Waals surface area contributed by atoms with E-state index < -0.39 is 21.5 Å². The Morgan fingerprint density at radius 3 is 2.00 bits per heavy atom. The van der Waals surface area contributed by atoms with Gasteiger partial charge in [-0.1, -0.05) is 65.7 Å². The number of aryl methyl sites for hydroxylation is 1. The molecule has 4 aromatic carbocycles. The Kier molecular flexibility index (Phi) is 8.85. The normalized spacial score (nSPS) is 11.5. The lowest BCUT2D eigenvalue weighted by atomic mass is 10.1. The van der Waals surface area contributed by atoms with Crippen molar-refractivity contribution in [1.29, 1.82) is 0 Å². The Balaban J connectivity index is 1.76. The van der Waals surface area contributed by atoms with Crippen LogP contribution in [0.3, 0.4) is 0 Å². The van der Waals surface area contributed by atoms with Crippen LogP contribution in [0.15, 0.2) is 102 Å². The van der Waals surface area contributed by atoms with Crippen molar-refractivity contribution < 1.29 is 18.0 Å². The first-order valence-corrected chi connectivity index (χ1v) is 14.8. The van der Waals surface area contributed by atoms with Gasteiger partial charge in [0.15, 0.2) is 0 Å². The topological polar surface area (TPSA) is 95.6 Å². The van der Waals surface area contributed by atoms with Crippen molar-refractivity contribution in [2.24, 2.45) is 0 Å². The molecule has 0 aliphatic rings. The van der Waals surface area contributed by atoms with E-state index in [1.807, 2.05) is 27.7 Å². The number of para-hydroxylation sites is 2. The molecule has 2 N–H and O–H groups in total. The molecule has 0 spiro atoms. The Labute approximate surface area is 246 Å². The van der Waals surface area contributed by atoms with Crippen LogP contribution in [-0.2, 0) is 16.6 Å². The van der Waals surface area contributed by atoms with Gasteiger partial charge in [-0.25, -0.2) is 8.42 Å². The largest absolute Gasteiger partial charge is 0.347 e. The van der Waals surface area contributed by atoms with Gasteiger partial charge in [0.05, 0.1) is 33.9 Å². The predicted octanol–water partition coefficient (Wildman–Crippen LogP) is 6.82. The summed E-state index contributed by atoms with van der Waals surface area (Å²) in [4.78, 5) is 26.8. The summed E-state index contributed by atoms with van der Waals surface area (Å²) in [7, 11) is -4.09. The molecule has 2 amide bonds. The first kappa shape index (κ1) is 29.8. The number of sulfonamides is 1. The minimum absolute atomic E-state index is 0.0394. The first-order chi connectivity index (χ1) is 19.3. The van der Waals surface area contributed by atoms with Gasteiger partial charge in [0, 0.05) is 10.6 Å². The third-order valence-electron chi connectivity index (χ3n) is 6.17. The molecule has 0 saturated heterocycles. The Morgan fingerprint density at radius 1 is 0.780 bits per heavy atom. The molecule has 4 aromatic rings. The second-order valence-corrected chi connectivity index (χ2v) is 13.0. The highest BCUT2D eigenvalue weighted by Gasteiger charge is 2.29. The maximum absolute atomic E-state index is 14.0. The molecule has 0 radical (unpaired) electrons. The summed E-state index contributed by atoms with van der Waals surface area (Å²) in [6.07, 6.45) is 0. The van der Waals surface area contributed by atoms with Gasteiger partial charge in [0.2, 0.25) is 0 Å². The Hall–Kier alpha value is -4.14. The van der Waals surface area contributed by atoms with E-state index in [2.05, 4.69) is 10.6 Å². The lowest BCUT2D eigenvalue weighted by Crippen LogP contribution is -2.40. The SMILES string of the molecule is Cc1ccc(S(=O)(=O)N(Cc2ccc(Cl)cc2)c2ccccc2C(=O)Nc2ccccc2C(=O)NC(C)(C)C)cc1. The molecule has 0 aliphatic carbocycles. The Morgan fingerprint density at radius 2 is 1.37 bits per heavy atom. The van der Waals surface area contributed by atoms with E-state index in [1.165, 1.54) is 4.31 Å². The Bertz CT molecular complexity index is 1660. The molecular formula is C32H32ClN3O4S. The van der Waals surface area contributed by atoms with E-state index in [0.717, 1.165) is 5.56 Å². The van der Waals surface area contributed by atoms with E-state index in [9.17, 15) is 18.0 Å². The van der Waals surface area contributed by atoms with Crippen molar-refractivity contribution in [3.05, 3.63) is 124 Å². The summed E-state index contributed by atoms with van der Waals surface area (Å²) >= 11 is 6.07. The number of nitrogens with one attached hydrogen (secondary N) is 2. The van der Waals surface area contributed by atoms with E-state index in [0.29, 0.717) is 21.8 Å². The van der Waals surface area contributed by atoms with Crippen LogP contribution in [0.1, 0.15) is 52.6 Å². The second kappa shape index (κ2) is 12.2. The molecule has 4 rings (SSSR count). The van der Waals surface area contributed by atoms with Crippen LogP contribution in [0.25, 0.3) is 0 Å². The smallest absolute Gasteiger partial charge is 0.264 e. The summed E-state index contributed by atoms with van der Waals surface area (Å²) < 4.78 is 29.3. The third kappa shape index (κ3) is 7.34. The average Bonchev–Trinajstić information content (AvgIpc) is 2.92. The van der Waals surface area contributed by atoms with E-state index in [-0.39, 0.29) is 28.6 Å². The molecule has 212 valence electrons. The van der Waals surface area contributed by atoms with Crippen molar-refractivity contribution in [3.8, 4) is 0 Å². The van der Waals surface area contributed by atoms with Crippen molar-refractivity contribution in [1.82, 2.24) is 5.32 Å². The summed E-state index contributed by atoms with van der Waals surface area (Å²) in [5, 5.41) is 6.25. The van der Waals surface area contributed by atoms with Crippen LogP contribution in [-0.4, -0.2) is 25.8 Å². The second-order valence-electron chi connectivity index (χ2n) is 10.7. The van der Waals surface area contributed by atoms with E-state index in [4.69, 9.17) is 11.6 Å². The molecule has 0 heterocycles. The quantitative estimate of drug-likeness (QED) is 0.236. The monoisotopic (exact) mass is 589 g/mol. The van der Waals surface area contributed by atoms with Gasteiger partial charge in [-0.2, -0.15) is 0 Å². The molecular weight excluding hydrogens is 558 g/mol. The van der Waals surface area contributed by atoms with E-state index >= 15 is 0 Å². The highest BCUT2D eigenvalue weighted by atomic mass is 35.5. The molecule has 0 aromatic heterocycles. The van der Waals surface area contributed by atoms with Crippen LogP contribution >= 0.6 is 11.6 Å². The van der Waals surface area contributed by atoms with Gasteiger partial charge < -0.3 is 10.6 Å². The lowest BCUT2D eigenvalue weighted by Gasteiger charge is -2.27. The van der Waals surface area contributed by atoms with Crippen molar-refractivity contribution >= 4 is 44.8 Å². The van der Waals surface area contributed by atoms with Gasteiger partial charge in [-0.05, 0) is 81.8 Å². The van der Waals surface area contributed by atoms with Crippen molar-refractivity contribution in [2.75, 3.05) is 9.62 Å². The molecule has 0 bridgehead atoms. The summed E-state index contributed by atoms with van der Waals surface area (Å²) in [6, 6.07) is 26.6. The van der Waals surface area contributed by atoms with Gasteiger partial charge >= 0.3 is 0 Å². The van der Waals surface area contributed by atoms with Crippen LogP contribution in [0, 0.1) is 6.92 Å².